The Morgan fingerprint density at radius 1 is 1.12 bits per heavy atom. The highest BCUT2D eigenvalue weighted by atomic mass is 35.5. The summed E-state index contributed by atoms with van der Waals surface area (Å²) in [6.45, 7) is 6.03. The lowest BCUT2D eigenvalue weighted by Gasteiger charge is -2.34. The van der Waals surface area contributed by atoms with Crippen molar-refractivity contribution < 1.29 is 14.3 Å². The minimum Gasteiger partial charge on any atom is -0.493 e. The molecule has 2 aromatic rings. The molecule has 1 unspecified atom stereocenters. The minimum absolute atomic E-state index is 0.212. The first-order valence-electron chi connectivity index (χ1n) is 11.4. The smallest absolute Gasteiger partial charge is 0.337 e. The second-order valence-corrected chi connectivity index (χ2v) is 9.07. The summed E-state index contributed by atoms with van der Waals surface area (Å²) in [4.78, 5) is 17.4. The molecule has 1 fully saturated rings. The Kier molecular flexibility index (Phi) is 7.19. The van der Waals surface area contributed by atoms with E-state index in [1.807, 2.05) is 13.0 Å². The molecule has 34 heavy (non-hydrogen) atoms. The summed E-state index contributed by atoms with van der Waals surface area (Å²) < 4.78 is 11.1. The number of carbonyl (C=O) groups excluding carboxylic acids is 1. The van der Waals surface area contributed by atoms with Crippen molar-refractivity contribution in [2.75, 3.05) is 59.4 Å². The van der Waals surface area contributed by atoms with Gasteiger partial charge in [-0.2, -0.15) is 5.10 Å². The molecule has 1 atom stereocenters. The molecule has 0 bridgehead atoms. The molecule has 8 nitrogen and oxygen atoms in total. The lowest BCUT2D eigenvalue weighted by atomic mass is 9.93. The molecule has 2 aliphatic rings. The van der Waals surface area contributed by atoms with Gasteiger partial charge in [0.15, 0.2) is 11.5 Å². The van der Waals surface area contributed by atoms with Crippen molar-refractivity contribution in [1.82, 2.24) is 15.2 Å². The van der Waals surface area contributed by atoms with Gasteiger partial charge in [-0.15, -0.1) is 0 Å². The number of rotatable bonds is 4. The number of piperazine rings is 1. The molecule has 182 valence electrons. The number of hydrogen-bond donors (Lipinski definition) is 1. The third-order valence-corrected chi connectivity index (χ3v) is 6.92. The molecule has 2 amide bonds. The van der Waals surface area contributed by atoms with Gasteiger partial charge in [0.05, 0.1) is 31.0 Å². The summed E-state index contributed by atoms with van der Waals surface area (Å²) in [5.41, 5.74) is 4.43. The molecular formula is C25H32ClN5O3. The van der Waals surface area contributed by atoms with Crippen LogP contribution in [0.15, 0.2) is 35.4 Å². The highest BCUT2D eigenvalue weighted by molar-refractivity contribution is 6.34. The second-order valence-electron chi connectivity index (χ2n) is 8.69. The fourth-order valence-electron chi connectivity index (χ4n) is 4.51. The molecule has 0 spiro atoms. The van der Waals surface area contributed by atoms with Crippen molar-refractivity contribution in [2.45, 2.75) is 19.4 Å². The number of methoxy groups -OCH3 is 2. The van der Waals surface area contributed by atoms with Crippen molar-refractivity contribution in [3.05, 3.63) is 52.0 Å². The first kappa shape index (κ1) is 24.2. The normalized spacial score (nSPS) is 18.6. The summed E-state index contributed by atoms with van der Waals surface area (Å²) >= 11 is 6.81. The van der Waals surface area contributed by atoms with Crippen LogP contribution in [0.3, 0.4) is 0 Å². The van der Waals surface area contributed by atoms with Crippen LogP contribution in [0.2, 0.25) is 5.02 Å². The first-order chi connectivity index (χ1) is 16.4. The average Bonchev–Trinajstić information content (AvgIpc) is 3.00. The SMILES string of the molecule is CNC(=O)N1N=C(c2ccc(N3CCN(C)CC3)cc2)c2cc(OC)c(OC)c(Cl)c2CC1C. The Hall–Kier alpha value is -2.97. The van der Waals surface area contributed by atoms with Crippen LogP contribution in [0.5, 0.6) is 11.5 Å². The number of nitrogens with one attached hydrogen (secondary N) is 1. The Labute approximate surface area is 206 Å². The van der Waals surface area contributed by atoms with Gasteiger partial charge in [0.2, 0.25) is 0 Å². The fraction of sp³-hybridized carbons (Fsp3) is 0.440. The van der Waals surface area contributed by atoms with Crippen LogP contribution in [0.4, 0.5) is 10.5 Å². The average molecular weight is 486 g/mol. The maximum Gasteiger partial charge on any atom is 0.337 e. The van der Waals surface area contributed by atoms with Gasteiger partial charge in [-0.05, 0) is 44.2 Å². The van der Waals surface area contributed by atoms with E-state index < -0.39 is 0 Å². The molecule has 9 heteroatoms. The molecule has 2 aliphatic heterocycles. The van der Waals surface area contributed by atoms with Crippen LogP contribution >= 0.6 is 11.6 Å². The minimum atomic E-state index is -0.276. The summed E-state index contributed by atoms with van der Waals surface area (Å²) in [5.74, 6) is 1.00. The van der Waals surface area contributed by atoms with E-state index in [-0.39, 0.29) is 12.1 Å². The summed E-state index contributed by atoms with van der Waals surface area (Å²) in [7, 11) is 6.90. The lowest BCUT2D eigenvalue weighted by molar-refractivity contribution is 0.184. The number of anilines is 1. The third-order valence-electron chi connectivity index (χ3n) is 6.52. The van der Waals surface area contributed by atoms with Crippen molar-refractivity contribution in [1.29, 1.82) is 0 Å². The van der Waals surface area contributed by atoms with Gasteiger partial charge in [-0.1, -0.05) is 23.7 Å². The maximum absolute atomic E-state index is 12.7. The Morgan fingerprint density at radius 3 is 2.38 bits per heavy atom. The van der Waals surface area contributed by atoms with Crippen LogP contribution in [0, 0.1) is 0 Å². The lowest BCUT2D eigenvalue weighted by Crippen LogP contribution is -2.44. The number of hydrazone groups is 1. The quantitative estimate of drug-likeness (QED) is 0.718. The molecule has 0 radical (unpaired) electrons. The van der Waals surface area contributed by atoms with Gasteiger partial charge < -0.3 is 24.6 Å². The molecular weight excluding hydrogens is 454 g/mol. The van der Waals surface area contributed by atoms with Crippen LogP contribution < -0.4 is 19.7 Å². The van der Waals surface area contributed by atoms with Crippen molar-refractivity contribution >= 4 is 29.0 Å². The second kappa shape index (κ2) is 10.1. The van der Waals surface area contributed by atoms with Gasteiger partial charge in [-0.25, -0.2) is 9.80 Å². The Morgan fingerprint density at radius 2 is 1.79 bits per heavy atom. The highest BCUT2D eigenvalue weighted by Gasteiger charge is 2.31. The molecule has 4 rings (SSSR count). The molecule has 0 saturated carbocycles. The van der Waals surface area contributed by atoms with Crippen LogP contribution in [-0.4, -0.2) is 82.2 Å². The van der Waals surface area contributed by atoms with E-state index in [0.717, 1.165) is 42.9 Å². The molecule has 1 N–H and O–H groups in total. The van der Waals surface area contributed by atoms with Gasteiger partial charge in [-0.3, -0.25) is 0 Å². The topological polar surface area (TPSA) is 69.6 Å². The van der Waals surface area contributed by atoms with Crippen molar-refractivity contribution in [3.63, 3.8) is 0 Å². The number of likely N-dealkylation sites (N-methyl/N-ethyl adjacent to an activating group) is 1. The Bertz CT molecular complexity index is 1080. The van der Waals surface area contributed by atoms with E-state index in [4.69, 9.17) is 26.2 Å². The van der Waals surface area contributed by atoms with Gasteiger partial charge >= 0.3 is 6.03 Å². The van der Waals surface area contributed by atoms with E-state index in [0.29, 0.717) is 28.7 Å². The number of ether oxygens (including phenoxy) is 2. The van der Waals surface area contributed by atoms with Gasteiger partial charge in [0, 0.05) is 50.0 Å². The number of fused-ring (bicyclic) bond motifs is 1. The largest absolute Gasteiger partial charge is 0.493 e. The van der Waals surface area contributed by atoms with Gasteiger partial charge in [0.1, 0.15) is 0 Å². The van der Waals surface area contributed by atoms with E-state index in [9.17, 15) is 4.79 Å². The zero-order chi connectivity index (χ0) is 24.4. The summed E-state index contributed by atoms with van der Waals surface area (Å²) in [6, 6.07) is 9.75. The molecule has 2 heterocycles. The zero-order valence-corrected chi connectivity index (χ0v) is 21.1. The van der Waals surface area contributed by atoms with Crippen molar-refractivity contribution in [3.8, 4) is 11.5 Å². The number of amides is 2. The summed E-state index contributed by atoms with van der Waals surface area (Å²) in [6.07, 6.45) is 0.522. The number of nitrogens with zero attached hydrogens (tertiary/aromatic N) is 4. The van der Waals surface area contributed by atoms with E-state index in [1.54, 1.807) is 21.3 Å². The maximum atomic E-state index is 12.7. The third kappa shape index (κ3) is 4.52. The monoisotopic (exact) mass is 485 g/mol. The van der Waals surface area contributed by atoms with Crippen molar-refractivity contribution in [2.24, 2.45) is 5.10 Å². The van der Waals surface area contributed by atoms with Crippen LogP contribution in [-0.2, 0) is 6.42 Å². The van der Waals surface area contributed by atoms with E-state index in [1.165, 1.54) is 10.7 Å². The number of urea groups is 1. The predicted molar refractivity (Wildman–Crippen MR) is 136 cm³/mol. The first-order valence-corrected chi connectivity index (χ1v) is 11.8. The standard InChI is InChI=1S/C25H32ClN5O3/c1-16-14-19-20(15-21(33-4)24(34-5)22(19)26)23(28-31(16)25(32)27-2)17-6-8-18(9-7-17)30-12-10-29(3)11-13-30/h6-9,15-16H,10-14H2,1-5H3,(H,27,32). The highest BCUT2D eigenvalue weighted by Crippen LogP contribution is 2.42. The number of halogens is 1. The van der Waals surface area contributed by atoms with Crippen LogP contribution in [0.25, 0.3) is 0 Å². The van der Waals surface area contributed by atoms with Crippen LogP contribution in [0.1, 0.15) is 23.6 Å². The fourth-order valence-corrected chi connectivity index (χ4v) is 4.86. The Balaban J connectivity index is 1.81. The number of benzene rings is 2. The number of hydrogen-bond acceptors (Lipinski definition) is 6. The van der Waals surface area contributed by atoms with E-state index >= 15 is 0 Å². The summed E-state index contributed by atoms with van der Waals surface area (Å²) in [5, 5.41) is 9.48. The predicted octanol–water partition coefficient (Wildman–Crippen LogP) is 3.45. The molecule has 0 aliphatic carbocycles. The van der Waals surface area contributed by atoms with Gasteiger partial charge in [0.25, 0.3) is 0 Å². The molecule has 2 aromatic carbocycles. The molecule has 1 saturated heterocycles. The zero-order valence-electron chi connectivity index (χ0n) is 20.4. The van der Waals surface area contributed by atoms with E-state index in [2.05, 4.69) is 46.4 Å². The molecule has 0 aromatic heterocycles. The number of carbonyl (C=O) groups is 1.